The first-order valence-electron chi connectivity index (χ1n) is 7.57. The Bertz CT molecular complexity index is 685. The number of carbonyl (C=O) groups is 3. The Morgan fingerprint density at radius 1 is 1.29 bits per heavy atom. The molecule has 2 N–H and O–H groups in total. The van der Waals surface area contributed by atoms with Gasteiger partial charge in [-0.1, -0.05) is 13.3 Å². The number of nitrogens with zero attached hydrogens (tertiary/aromatic N) is 1. The topological polar surface area (TPSA) is 78.5 Å². The summed E-state index contributed by atoms with van der Waals surface area (Å²) in [5.41, 5.74) is 0.655. The highest BCUT2D eigenvalue weighted by atomic mass is 79.9. The second kappa shape index (κ2) is 7.23. The molecule has 1 atom stereocenters. The summed E-state index contributed by atoms with van der Waals surface area (Å²) < 4.78 is 1.44. The summed E-state index contributed by atoms with van der Waals surface area (Å²) >= 11 is 6.79. The number of hydrogen-bond donors (Lipinski definition) is 2. The molecule has 0 aromatic heterocycles. The summed E-state index contributed by atoms with van der Waals surface area (Å²) in [4.78, 5) is 37.7. The minimum absolute atomic E-state index is 0.323. The monoisotopic (exact) mass is 459 g/mol. The van der Waals surface area contributed by atoms with Crippen molar-refractivity contribution in [2.75, 3.05) is 11.9 Å². The maximum absolute atomic E-state index is 12.4. The molecule has 130 valence electrons. The Morgan fingerprint density at radius 3 is 2.42 bits per heavy atom. The molecule has 0 aliphatic carbocycles. The van der Waals surface area contributed by atoms with Gasteiger partial charge in [-0.15, -0.1) is 0 Å². The van der Waals surface area contributed by atoms with E-state index >= 15 is 0 Å². The molecule has 1 aromatic carbocycles. The molecule has 0 spiro atoms. The van der Waals surface area contributed by atoms with Crippen LogP contribution >= 0.6 is 31.9 Å². The fraction of sp³-hybridized carbons (Fsp3) is 0.438. The molecular weight excluding hydrogens is 442 g/mol. The van der Waals surface area contributed by atoms with E-state index in [9.17, 15) is 14.4 Å². The lowest BCUT2D eigenvalue weighted by atomic mass is 9.96. The summed E-state index contributed by atoms with van der Waals surface area (Å²) in [6, 6.07) is 3.20. The molecule has 0 radical (unpaired) electrons. The Balaban J connectivity index is 2.11. The zero-order valence-corrected chi connectivity index (χ0v) is 16.9. The lowest BCUT2D eigenvalue weighted by molar-refractivity contribution is -0.133. The van der Waals surface area contributed by atoms with Crippen molar-refractivity contribution in [1.29, 1.82) is 0 Å². The second-order valence-electron chi connectivity index (χ2n) is 6.06. The van der Waals surface area contributed by atoms with Gasteiger partial charge in [0.2, 0.25) is 5.91 Å². The molecule has 1 aromatic rings. The van der Waals surface area contributed by atoms with Crippen LogP contribution in [0, 0.1) is 6.92 Å². The number of urea groups is 1. The van der Waals surface area contributed by atoms with Crippen LogP contribution in [0.25, 0.3) is 0 Å². The van der Waals surface area contributed by atoms with Gasteiger partial charge in [-0.3, -0.25) is 14.5 Å². The van der Waals surface area contributed by atoms with E-state index < -0.39 is 17.5 Å². The van der Waals surface area contributed by atoms with E-state index in [-0.39, 0.29) is 12.5 Å². The van der Waals surface area contributed by atoms with Gasteiger partial charge in [-0.2, -0.15) is 0 Å². The lowest BCUT2D eigenvalue weighted by Gasteiger charge is -2.20. The van der Waals surface area contributed by atoms with Crippen molar-refractivity contribution >= 4 is 55.4 Å². The fourth-order valence-electron chi connectivity index (χ4n) is 2.70. The highest BCUT2D eigenvalue weighted by Gasteiger charge is 2.47. The van der Waals surface area contributed by atoms with Gasteiger partial charge >= 0.3 is 6.03 Å². The molecule has 24 heavy (non-hydrogen) atoms. The first kappa shape index (κ1) is 18.9. The van der Waals surface area contributed by atoms with Gasteiger partial charge in [0.05, 0.1) is 5.69 Å². The number of anilines is 1. The quantitative estimate of drug-likeness (QED) is 0.659. The second-order valence-corrected chi connectivity index (χ2v) is 7.76. The number of carbonyl (C=O) groups excluding carboxylic acids is 3. The number of benzene rings is 1. The average Bonchev–Trinajstić information content (AvgIpc) is 2.67. The van der Waals surface area contributed by atoms with Gasteiger partial charge in [0, 0.05) is 8.95 Å². The van der Waals surface area contributed by atoms with Crippen LogP contribution in [-0.2, 0) is 9.59 Å². The average molecular weight is 461 g/mol. The van der Waals surface area contributed by atoms with Gasteiger partial charge in [0.25, 0.3) is 5.91 Å². The van der Waals surface area contributed by atoms with Gasteiger partial charge in [-0.25, -0.2) is 4.79 Å². The van der Waals surface area contributed by atoms with Crippen LogP contribution in [0.15, 0.2) is 21.1 Å². The summed E-state index contributed by atoms with van der Waals surface area (Å²) in [5.74, 6) is -0.809. The van der Waals surface area contributed by atoms with E-state index in [1.807, 2.05) is 26.0 Å². The molecular formula is C16H19Br2N3O3. The van der Waals surface area contributed by atoms with Crippen LogP contribution in [0.2, 0.25) is 0 Å². The van der Waals surface area contributed by atoms with Gasteiger partial charge in [-0.05, 0) is 69.8 Å². The normalized spacial score (nSPS) is 20.3. The van der Waals surface area contributed by atoms with Crippen molar-refractivity contribution in [1.82, 2.24) is 10.2 Å². The highest BCUT2D eigenvalue weighted by Crippen LogP contribution is 2.32. The largest absolute Gasteiger partial charge is 0.325 e. The third-order valence-electron chi connectivity index (χ3n) is 3.85. The number of amides is 4. The summed E-state index contributed by atoms with van der Waals surface area (Å²) in [6.07, 6.45) is 1.29. The fourth-order valence-corrected chi connectivity index (χ4v) is 4.32. The molecule has 6 nitrogen and oxygen atoms in total. The Morgan fingerprint density at radius 2 is 1.88 bits per heavy atom. The molecule has 1 aliphatic heterocycles. The molecule has 1 fully saturated rings. The molecule has 1 unspecified atom stereocenters. The predicted molar refractivity (Wildman–Crippen MR) is 98.8 cm³/mol. The molecule has 8 heteroatoms. The first-order chi connectivity index (χ1) is 11.2. The molecule has 1 aliphatic rings. The van der Waals surface area contributed by atoms with Crippen LogP contribution in [0.5, 0.6) is 0 Å². The van der Waals surface area contributed by atoms with E-state index in [0.29, 0.717) is 12.1 Å². The standard InChI is InChI=1S/C16H19Br2N3O3/c1-4-5-16(3)14(23)21(15(24)20-16)8-12(22)19-13-10(17)6-9(2)7-11(13)18/h6-7H,4-5,8H2,1-3H3,(H,19,22)(H,20,24). The van der Waals surface area contributed by atoms with E-state index in [0.717, 1.165) is 25.8 Å². The van der Waals surface area contributed by atoms with E-state index in [1.54, 1.807) is 6.92 Å². The lowest BCUT2D eigenvalue weighted by Crippen LogP contribution is -2.44. The maximum atomic E-state index is 12.4. The maximum Gasteiger partial charge on any atom is 0.325 e. The number of nitrogens with one attached hydrogen (secondary N) is 2. The smallest absolute Gasteiger partial charge is 0.323 e. The van der Waals surface area contributed by atoms with E-state index in [4.69, 9.17) is 0 Å². The first-order valence-corrected chi connectivity index (χ1v) is 9.16. The van der Waals surface area contributed by atoms with Crippen molar-refractivity contribution < 1.29 is 14.4 Å². The Labute approximate surface area is 157 Å². The van der Waals surface area contributed by atoms with E-state index in [2.05, 4.69) is 42.5 Å². The van der Waals surface area contributed by atoms with Gasteiger partial charge < -0.3 is 10.6 Å². The zero-order chi connectivity index (χ0) is 18.1. The number of aryl methyl sites for hydroxylation is 1. The molecule has 0 bridgehead atoms. The summed E-state index contributed by atoms with van der Waals surface area (Å²) in [7, 11) is 0. The third kappa shape index (κ3) is 3.80. The van der Waals surface area contributed by atoms with Crippen molar-refractivity contribution in [3.8, 4) is 0 Å². The van der Waals surface area contributed by atoms with Gasteiger partial charge in [0.1, 0.15) is 12.1 Å². The highest BCUT2D eigenvalue weighted by molar-refractivity contribution is 9.11. The SMILES string of the molecule is CCCC1(C)NC(=O)N(CC(=O)Nc2c(Br)cc(C)cc2Br)C1=O. The Hall–Kier alpha value is -1.41. The number of hydrogen-bond acceptors (Lipinski definition) is 3. The van der Waals surface area contributed by atoms with Crippen molar-refractivity contribution in [3.63, 3.8) is 0 Å². The van der Waals surface area contributed by atoms with Crippen LogP contribution in [-0.4, -0.2) is 34.8 Å². The van der Waals surface area contributed by atoms with Crippen molar-refractivity contribution in [3.05, 3.63) is 26.6 Å². The van der Waals surface area contributed by atoms with Crippen molar-refractivity contribution in [2.45, 2.75) is 39.2 Å². The minimum atomic E-state index is -0.933. The van der Waals surface area contributed by atoms with Crippen molar-refractivity contribution in [2.24, 2.45) is 0 Å². The summed E-state index contributed by atoms with van der Waals surface area (Å²) in [6.45, 7) is 5.23. The Kier molecular flexibility index (Phi) is 5.70. The summed E-state index contributed by atoms with van der Waals surface area (Å²) in [5, 5.41) is 5.40. The molecule has 4 amide bonds. The molecule has 0 saturated carbocycles. The predicted octanol–water partition coefficient (Wildman–Crippen LogP) is 3.57. The minimum Gasteiger partial charge on any atom is -0.323 e. The number of imide groups is 1. The number of halogens is 2. The van der Waals surface area contributed by atoms with Crippen LogP contribution in [0.4, 0.5) is 10.5 Å². The van der Waals surface area contributed by atoms with Gasteiger partial charge in [0.15, 0.2) is 0 Å². The van der Waals surface area contributed by atoms with Crippen LogP contribution in [0.1, 0.15) is 32.3 Å². The van der Waals surface area contributed by atoms with E-state index in [1.165, 1.54) is 0 Å². The zero-order valence-electron chi connectivity index (χ0n) is 13.7. The molecule has 1 saturated heterocycles. The molecule has 1 heterocycles. The van der Waals surface area contributed by atoms with Crippen LogP contribution in [0.3, 0.4) is 0 Å². The molecule has 2 rings (SSSR count). The third-order valence-corrected chi connectivity index (χ3v) is 5.10. The van der Waals surface area contributed by atoms with Crippen LogP contribution < -0.4 is 10.6 Å². The number of rotatable bonds is 5.